The fourth-order valence-corrected chi connectivity index (χ4v) is 1.86. The molecule has 0 aliphatic carbocycles. The van der Waals surface area contributed by atoms with Crippen LogP contribution in [0.5, 0.6) is 5.75 Å². The summed E-state index contributed by atoms with van der Waals surface area (Å²) in [6.07, 6.45) is -2.05. The molecule has 19 heavy (non-hydrogen) atoms. The summed E-state index contributed by atoms with van der Waals surface area (Å²) in [5.74, 6) is -1.35. The standard InChI is InChI=1S/C11H12BrClFNO3.ClH/c1-2-18-11(17)8(14)9(15)5-3-4-6(13)7(12)10(5)16;/h3-4,8-9,16H,2,15H2,1H3;1H/t8?,9-;/m0./s1. The van der Waals surface area contributed by atoms with Crippen LogP contribution in [0.1, 0.15) is 18.5 Å². The average Bonchev–Trinajstić information content (AvgIpc) is 2.35. The Bertz CT molecular complexity index is 462. The fraction of sp³-hybridized carbons (Fsp3) is 0.364. The monoisotopic (exact) mass is 375 g/mol. The number of ether oxygens (including phenoxy) is 1. The van der Waals surface area contributed by atoms with Crippen LogP contribution in [0.15, 0.2) is 16.6 Å². The first-order valence-electron chi connectivity index (χ1n) is 5.13. The van der Waals surface area contributed by atoms with Crippen LogP contribution in [-0.4, -0.2) is 23.9 Å². The minimum atomic E-state index is -2.05. The highest BCUT2D eigenvalue weighted by Gasteiger charge is 2.30. The zero-order chi connectivity index (χ0) is 13.9. The Balaban J connectivity index is 0.00000324. The lowest BCUT2D eigenvalue weighted by Gasteiger charge is -2.17. The first kappa shape index (κ1) is 18.4. The van der Waals surface area contributed by atoms with Crippen molar-refractivity contribution in [3.05, 3.63) is 27.2 Å². The zero-order valence-electron chi connectivity index (χ0n) is 9.90. The van der Waals surface area contributed by atoms with Crippen molar-refractivity contribution >= 4 is 45.9 Å². The van der Waals surface area contributed by atoms with Gasteiger partial charge in [-0.05, 0) is 28.9 Å². The van der Waals surface area contributed by atoms with Gasteiger partial charge in [0.2, 0.25) is 6.17 Å². The number of halogens is 4. The molecule has 0 aliphatic rings. The molecule has 0 saturated heterocycles. The highest BCUT2D eigenvalue weighted by molar-refractivity contribution is 9.10. The van der Waals surface area contributed by atoms with Crippen molar-refractivity contribution in [2.24, 2.45) is 5.73 Å². The van der Waals surface area contributed by atoms with Gasteiger partial charge in [0.05, 0.1) is 22.1 Å². The number of hydrogen-bond acceptors (Lipinski definition) is 4. The third kappa shape index (κ3) is 4.21. The molecule has 0 bridgehead atoms. The molecule has 1 unspecified atom stereocenters. The average molecular weight is 377 g/mol. The lowest BCUT2D eigenvalue weighted by atomic mass is 10.0. The van der Waals surface area contributed by atoms with E-state index in [1.807, 2.05) is 0 Å². The minimum absolute atomic E-state index is 0. The van der Waals surface area contributed by atoms with E-state index in [1.54, 1.807) is 6.92 Å². The molecule has 0 saturated carbocycles. The number of phenols is 1. The van der Waals surface area contributed by atoms with Crippen LogP contribution in [0.25, 0.3) is 0 Å². The van der Waals surface area contributed by atoms with Crippen LogP contribution in [0, 0.1) is 0 Å². The predicted molar refractivity (Wildman–Crippen MR) is 76.5 cm³/mol. The highest BCUT2D eigenvalue weighted by atomic mass is 79.9. The Morgan fingerprint density at radius 2 is 2.21 bits per heavy atom. The topological polar surface area (TPSA) is 72.5 Å². The fourth-order valence-electron chi connectivity index (χ4n) is 1.35. The van der Waals surface area contributed by atoms with E-state index in [0.29, 0.717) is 0 Å². The molecule has 108 valence electrons. The molecule has 0 radical (unpaired) electrons. The van der Waals surface area contributed by atoms with Crippen LogP contribution in [0.4, 0.5) is 4.39 Å². The molecule has 0 aliphatic heterocycles. The number of hydrogen-bond donors (Lipinski definition) is 2. The first-order chi connectivity index (χ1) is 8.40. The number of alkyl halides is 1. The van der Waals surface area contributed by atoms with E-state index in [-0.39, 0.29) is 39.8 Å². The van der Waals surface area contributed by atoms with Crippen molar-refractivity contribution in [3.63, 3.8) is 0 Å². The van der Waals surface area contributed by atoms with Gasteiger partial charge in [0, 0.05) is 5.56 Å². The van der Waals surface area contributed by atoms with Crippen LogP contribution >= 0.6 is 39.9 Å². The normalized spacial score (nSPS) is 13.3. The smallest absolute Gasteiger partial charge is 0.342 e. The van der Waals surface area contributed by atoms with E-state index in [0.717, 1.165) is 0 Å². The number of carbonyl (C=O) groups excluding carboxylic acids is 1. The molecular weight excluding hydrogens is 364 g/mol. The number of nitrogens with two attached hydrogens (primary N) is 1. The quantitative estimate of drug-likeness (QED) is 0.792. The van der Waals surface area contributed by atoms with Crippen LogP contribution < -0.4 is 5.73 Å². The van der Waals surface area contributed by atoms with Gasteiger partial charge in [0.1, 0.15) is 5.75 Å². The summed E-state index contributed by atoms with van der Waals surface area (Å²) in [5, 5.41) is 10.0. The van der Waals surface area contributed by atoms with Gasteiger partial charge in [-0.15, -0.1) is 12.4 Å². The zero-order valence-corrected chi connectivity index (χ0v) is 13.1. The largest absolute Gasteiger partial charge is 0.506 e. The molecule has 8 heteroatoms. The van der Waals surface area contributed by atoms with E-state index in [1.165, 1.54) is 12.1 Å². The number of phenolic OH excluding ortho intramolecular Hbond substituents is 1. The van der Waals surface area contributed by atoms with Crippen LogP contribution in [0.2, 0.25) is 5.02 Å². The van der Waals surface area contributed by atoms with Crippen molar-refractivity contribution < 1.29 is 19.0 Å². The van der Waals surface area contributed by atoms with Crippen molar-refractivity contribution in [2.75, 3.05) is 6.61 Å². The number of carbonyl (C=O) groups is 1. The lowest BCUT2D eigenvalue weighted by Crippen LogP contribution is -2.31. The molecule has 1 aromatic rings. The van der Waals surface area contributed by atoms with Gasteiger partial charge in [-0.25, -0.2) is 9.18 Å². The van der Waals surface area contributed by atoms with E-state index in [2.05, 4.69) is 20.7 Å². The Morgan fingerprint density at radius 3 is 2.74 bits per heavy atom. The Morgan fingerprint density at radius 1 is 1.63 bits per heavy atom. The molecule has 0 heterocycles. The predicted octanol–water partition coefficient (Wildman–Crippen LogP) is 3.13. The second-order valence-electron chi connectivity index (χ2n) is 3.48. The Labute approximate surface area is 129 Å². The number of esters is 1. The summed E-state index contributed by atoms with van der Waals surface area (Å²) in [6, 6.07) is 1.48. The molecule has 1 aromatic carbocycles. The van der Waals surface area contributed by atoms with Crippen molar-refractivity contribution in [1.82, 2.24) is 0 Å². The summed E-state index contributed by atoms with van der Waals surface area (Å²) < 4.78 is 18.4. The molecule has 4 nitrogen and oxygen atoms in total. The molecule has 0 amide bonds. The lowest BCUT2D eigenvalue weighted by molar-refractivity contribution is -0.149. The highest BCUT2D eigenvalue weighted by Crippen LogP contribution is 2.37. The molecule has 0 aromatic heterocycles. The van der Waals surface area contributed by atoms with Gasteiger partial charge in [-0.3, -0.25) is 0 Å². The van der Waals surface area contributed by atoms with Crippen molar-refractivity contribution in [2.45, 2.75) is 19.1 Å². The molecule has 1 rings (SSSR count). The maximum absolute atomic E-state index is 13.7. The van der Waals surface area contributed by atoms with E-state index in [9.17, 15) is 14.3 Å². The summed E-state index contributed by atoms with van der Waals surface area (Å²) >= 11 is 8.79. The van der Waals surface area contributed by atoms with Crippen molar-refractivity contribution in [1.29, 1.82) is 0 Å². The molecule has 0 fully saturated rings. The van der Waals surface area contributed by atoms with E-state index >= 15 is 0 Å². The van der Waals surface area contributed by atoms with Crippen LogP contribution in [-0.2, 0) is 9.53 Å². The maximum atomic E-state index is 13.7. The molecule has 3 N–H and O–H groups in total. The number of aromatic hydroxyl groups is 1. The van der Waals surface area contributed by atoms with Gasteiger partial charge in [0.15, 0.2) is 0 Å². The van der Waals surface area contributed by atoms with Gasteiger partial charge in [-0.2, -0.15) is 0 Å². The van der Waals surface area contributed by atoms with E-state index < -0.39 is 18.2 Å². The summed E-state index contributed by atoms with van der Waals surface area (Å²) in [6.45, 7) is 1.62. The second-order valence-corrected chi connectivity index (χ2v) is 4.68. The molecule has 0 spiro atoms. The Kier molecular flexibility index (Phi) is 7.66. The number of rotatable bonds is 4. The minimum Gasteiger partial charge on any atom is -0.506 e. The van der Waals surface area contributed by atoms with Gasteiger partial charge in [-0.1, -0.05) is 17.7 Å². The van der Waals surface area contributed by atoms with Gasteiger partial charge < -0.3 is 15.6 Å². The molecular formula is C11H13BrCl2FNO3. The second kappa shape index (κ2) is 7.89. The number of benzene rings is 1. The SMILES string of the molecule is CCOC(=O)C(F)[C@@H](N)c1ccc(Cl)c(Br)c1O.Cl. The summed E-state index contributed by atoms with van der Waals surface area (Å²) in [5.41, 5.74) is 5.67. The third-order valence-corrected chi connectivity index (χ3v) is 3.63. The summed E-state index contributed by atoms with van der Waals surface area (Å²) in [7, 11) is 0. The van der Waals surface area contributed by atoms with E-state index in [4.69, 9.17) is 17.3 Å². The maximum Gasteiger partial charge on any atom is 0.342 e. The van der Waals surface area contributed by atoms with Crippen LogP contribution in [0.3, 0.4) is 0 Å². The van der Waals surface area contributed by atoms with Gasteiger partial charge >= 0.3 is 5.97 Å². The Hall–Kier alpha value is -0.560. The first-order valence-corrected chi connectivity index (χ1v) is 6.30. The summed E-state index contributed by atoms with van der Waals surface area (Å²) in [4.78, 5) is 11.2. The van der Waals surface area contributed by atoms with Gasteiger partial charge in [0.25, 0.3) is 0 Å². The molecule has 2 atom stereocenters. The third-order valence-electron chi connectivity index (χ3n) is 2.29. The van der Waals surface area contributed by atoms with Crippen molar-refractivity contribution in [3.8, 4) is 5.75 Å².